The van der Waals surface area contributed by atoms with Crippen LogP contribution in [0.25, 0.3) is 0 Å². The topological polar surface area (TPSA) is 99.9 Å². The third-order valence-electron chi connectivity index (χ3n) is 3.31. The molecular formula is C19H15N5O2. The molecule has 1 heterocycles. The summed E-state index contributed by atoms with van der Waals surface area (Å²) in [5, 5.41) is 22.5. The van der Waals surface area contributed by atoms with Crippen molar-refractivity contribution in [2.75, 3.05) is 17.2 Å². The van der Waals surface area contributed by atoms with Crippen LogP contribution >= 0.6 is 0 Å². The van der Waals surface area contributed by atoms with Gasteiger partial charge in [-0.3, -0.25) is 4.79 Å². The first-order valence-corrected chi connectivity index (χ1v) is 7.81. The van der Waals surface area contributed by atoms with Gasteiger partial charge in [0.05, 0.1) is 11.6 Å². The molecule has 0 saturated heterocycles. The Morgan fingerprint density at radius 2 is 1.77 bits per heavy atom. The van der Waals surface area contributed by atoms with E-state index in [0.717, 1.165) is 5.69 Å². The maximum Gasteiger partial charge on any atom is 0.263 e. The Balaban J connectivity index is 1.54. The van der Waals surface area contributed by atoms with Gasteiger partial charge in [0.1, 0.15) is 5.75 Å². The molecule has 0 atom stereocenters. The Hall–Kier alpha value is -3.92. The number of anilines is 3. The molecule has 0 radical (unpaired) electrons. The largest absolute Gasteiger partial charge is 0.484 e. The van der Waals surface area contributed by atoms with Crippen molar-refractivity contribution >= 4 is 23.2 Å². The number of ether oxygens (including phenoxy) is 1. The second-order valence-electron chi connectivity index (χ2n) is 5.27. The highest BCUT2D eigenvalue weighted by Crippen LogP contribution is 2.16. The van der Waals surface area contributed by atoms with Crippen molar-refractivity contribution < 1.29 is 9.53 Å². The number of para-hydroxylation sites is 1. The van der Waals surface area contributed by atoms with Crippen LogP contribution in [0.15, 0.2) is 66.7 Å². The van der Waals surface area contributed by atoms with Crippen LogP contribution in [-0.4, -0.2) is 22.7 Å². The summed E-state index contributed by atoms with van der Waals surface area (Å²) < 4.78 is 5.37. The zero-order chi connectivity index (χ0) is 18.2. The minimum absolute atomic E-state index is 0.118. The van der Waals surface area contributed by atoms with Gasteiger partial charge in [-0.25, -0.2) is 0 Å². The summed E-state index contributed by atoms with van der Waals surface area (Å²) >= 11 is 0. The van der Waals surface area contributed by atoms with Crippen molar-refractivity contribution in [2.45, 2.75) is 0 Å². The normalized spacial score (nSPS) is 9.81. The summed E-state index contributed by atoms with van der Waals surface area (Å²) in [4.78, 5) is 11.9. The molecule has 1 aromatic heterocycles. The molecule has 26 heavy (non-hydrogen) atoms. The van der Waals surface area contributed by atoms with Crippen molar-refractivity contribution in [3.8, 4) is 11.8 Å². The predicted molar refractivity (Wildman–Crippen MR) is 97.0 cm³/mol. The first-order valence-electron chi connectivity index (χ1n) is 7.81. The minimum atomic E-state index is -0.328. The van der Waals surface area contributed by atoms with Gasteiger partial charge in [0.2, 0.25) is 0 Å². The number of benzene rings is 2. The van der Waals surface area contributed by atoms with Crippen LogP contribution in [0.1, 0.15) is 5.56 Å². The van der Waals surface area contributed by atoms with Crippen LogP contribution in [0.2, 0.25) is 0 Å². The van der Waals surface area contributed by atoms with Gasteiger partial charge in [-0.15, -0.1) is 10.2 Å². The Morgan fingerprint density at radius 3 is 2.50 bits per heavy atom. The first kappa shape index (κ1) is 16.9. The molecule has 2 aromatic carbocycles. The molecule has 0 aliphatic heterocycles. The zero-order valence-corrected chi connectivity index (χ0v) is 13.7. The van der Waals surface area contributed by atoms with Gasteiger partial charge >= 0.3 is 0 Å². The van der Waals surface area contributed by atoms with Crippen molar-refractivity contribution in [2.24, 2.45) is 0 Å². The molecule has 0 fully saturated rings. The summed E-state index contributed by atoms with van der Waals surface area (Å²) in [7, 11) is 0. The third-order valence-corrected chi connectivity index (χ3v) is 3.31. The second-order valence-corrected chi connectivity index (χ2v) is 5.27. The lowest BCUT2D eigenvalue weighted by molar-refractivity contribution is -0.118. The van der Waals surface area contributed by atoms with Gasteiger partial charge in [0.15, 0.2) is 18.2 Å². The Labute approximate surface area is 150 Å². The summed E-state index contributed by atoms with van der Waals surface area (Å²) in [6, 6.07) is 21.5. The number of hydrogen-bond donors (Lipinski definition) is 2. The fourth-order valence-electron chi connectivity index (χ4n) is 2.12. The highest BCUT2D eigenvalue weighted by Gasteiger charge is 2.06. The van der Waals surface area contributed by atoms with Crippen LogP contribution in [0, 0.1) is 11.3 Å². The van der Waals surface area contributed by atoms with E-state index in [2.05, 4.69) is 26.9 Å². The van der Waals surface area contributed by atoms with Gasteiger partial charge in [0, 0.05) is 5.69 Å². The monoisotopic (exact) mass is 345 g/mol. The van der Waals surface area contributed by atoms with Crippen LogP contribution in [0.5, 0.6) is 5.75 Å². The van der Waals surface area contributed by atoms with E-state index in [9.17, 15) is 4.79 Å². The number of amides is 1. The van der Waals surface area contributed by atoms with E-state index >= 15 is 0 Å². The van der Waals surface area contributed by atoms with Crippen molar-refractivity contribution in [1.82, 2.24) is 10.2 Å². The Kier molecular flexibility index (Phi) is 5.38. The predicted octanol–water partition coefficient (Wildman–Crippen LogP) is 3.11. The fourth-order valence-corrected chi connectivity index (χ4v) is 2.12. The minimum Gasteiger partial charge on any atom is -0.484 e. The maximum atomic E-state index is 11.9. The summed E-state index contributed by atoms with van der Waals surface area (Å²) in [5.41, 5.74) is 1.27. The molecule has 0 spiro atoms. The molecular weight excluding hydrogens is 330 g/mol. The summed E-state index contributed by atoms with van der Waals surface area (Å²) in [5.74, 6) is 1.11. The molecule has 7 nitrogen and oxygen atoms in total. The molecule has 3 aromatic rings. The van der Waals surface area contributed by atoms with Gasteiger partial charge in [0.25, 0.3) is 5.91 Å². The van der Waals surface area contributed by atoms with Crippen molar-refractivity contribution in [3.63, 3.8) is 0 Å². The van der Waals surface area contributed by atoms with E-state index in [1.807, 2.05) is 24.3 Å². The lowest BCUT2D eigenvalue weighted by Crippen LogP contribution is -2.21. The lowest BCUT2D eigenvalue weighted by atomic mass is 10.2. The molecule has 128 valence electrons. The number of aromatic nitrogens is 2. The highest BCUT2D eigenvalue weighted by molar-refractivity contribution is 5.90. The zero-order valence-electron chi connectivity index (χ0n) is 13.7. The molecule has 3 rings (SSSR count). The number of nitrogens with one attached hydrogen (secondary N) is 2. The molecule has 2 N–H and O–H groups in total. The number of carbonyl (C=O) groups excluding carboxylic acids is 1. The Bertz CT molecular complexity index is 921. The lowest BCUT2D eigenvalue weighted by Gasteiger charge is -2.08. The second kappa shape index (κ2) is 8.26. The average Bonchev–Trinajstić information content (AvgIpc) is 2.69. The van der Waals surface area contributed by atoms with E-state index < -0.39 is 0 Å². The molecule has 0 aliphatic rings. The molecule has 0 bridgehead atoms. The first-order chi connectivity index (χ1) is 12.7. The molecule has 0 aliphatic carbocycles. The SMILES string of the molecule is N#Cc1cccc(Nc2ccc(NC(=O)COc3ccccc3)nn2)c1. The number of hydrogen-bond acceptors (Lipinski definition) is 6. The maximum absolute atomic E-state index is 11.9. The summed E-state index contributed by atoms with van der Waals surface area (Å²) in [6.07, 6.45) is 0. The van der Waals surface area contributed by atoms with E-state index in [1.54, 1.807) is 42.5 Å². The van der Waals surface area contributed by atoms with Crippen LogP contribution in [0.4, 0.5) is 17.3 Å². The van der Waals surface area contributed by atoms with Gasteiger partial charge in [-0.1, -0.05) is 24.3 Å². The van der Waals surface area contributed by atoms with Crippen molar-refractivity contribution in [3.05, 3.63) is 72.3 Å². The quantitative estimate of drug-likeness (QED) is 0.712. The van der Waals surface area contributed by atoms with Gasteiger partial charge < -0.3 is 15.4 Å². The van der Waals surface area contributed by atoms with Crippen LogP contribution in [-0.2, 0) is 4.79 Å². The molecule has 0 unspecified atom stereocenters. The van der Waals surface area contributed by atoms with E-state index in [1.165, 1.54) is 0 Å². The smallest absolute Gasteiger partial charge is 0.263 e. The number of nitriles is 1. The van der Waals surface area contributed by atoms with Crippen molar-refractivity contribution in [1.29, 1.82) is 5.26 Å². The number of nitrogens with zero attached hydrogens (tertiary/aromatic N) is 3. The molecule has 7 heteroatoms. The summed E-state index contributed by atoms with van der Waals surface area (Å²) in [6.45, 7) is -0.118. The van der Waals surface area contributed by atoms with E-state index in [0.29, 0.717) is 22.9 Å². The number of rotatable bonds is 6. The van der Waals surface area contributed by atoms with Crippen LogP contribution in [0.3, 0.4) is 0 Å². The standard InChI is InChI=1S/C19H15N5O2/c20-12-14-5-4-6-15(11-14)21-17-9-10-18(24-23-17)22-19(25)13-26-16-7-2-1-3-8-16/h1-11H,13H2,(H,21,23)(H,22,24,25). The molecule has 1 amide bonds. The van der Waals surface area contributed by atoms with Gasteiger partial charge in [-0.05, 0) is 42.5 Å². The Morgan fingerprint density at radius 1 is 1.00 bits per heavy atom. The third kappa shape index (κ3) is 4.79. The van der Waals surface area contributed by atoms with E-state index in [4.69, 9.17) is 10.00 Å². The highest BCUT2D eigenvalue weighted by atomic mass is 16.5. The van der Waals surface area contributed by atoms with Crippen LogP contribution < -0.4 is 15.4 Å². The van der Waals surface area contributed by atoms with Gasteiger partial charge in [-0.2, -0.15) is 5.26 Å². The number of carbonyl (C=O) groups is 1. The van der Waals surface area contributed by atoms with E-state index in [-0.39, 0.29) is 12.5 Å². The molecule has 0 saturated carbocycles. The average molecular weight is 345 g/mol. The fraction of sp³-hybridized carbons (Fsp3) is 0.0526.